The standard InChI is InChI=1S/C33H46O9/c1-7-35-23(5)41-21(3)29-19-25(32-37-15-9-16-38-32)11-13-27(29)31(34)28-14-12-26(33-39-17-10-18-40-33)20-30(28)22(4)42-24(6)36-8-2/h11-14,19-24,32-33H,7-10,15-18H2,1-6H3/t21-,22-,23?,24?/m0/s1. The zero-order valence-electron chi connectivity index (χ0n) is 25.8. The van der Waals surface area contributed by atoms with Crippen molar-refractivity contribution in [3.63, 3.8) is 0 Å². The highest BCUT2D eigenvalue weighted by molar-refractivity contribution is 6.11. The van der Waals surface area contributed by atoms with E-state index < -0.39 is 37.4 Å². The first-order chi connectivity index (χ1) is 20.3. The van der Waals surface area contributed by atoms with E-state index in [-0.39, 0.29) is 5.78 Å². The Hall–Kier alpha value is -2.21. The maximum Gasteiger partial charge on any atom is 0.193 e. The summed E-state index contributed by atoms with van der Waals surface area (Å²) in [5.74, 6) is -0.145. The van der Waals surface area contributed by atoms with Crippen molar-refractivity contribution >= 4 is 5.78 Å². The summed E-state index contributed by atoms with van der Waals surface area (Å²) in [6, 6.07) is 11.3. The summed E-state index contributed by atoms with van der Waals surface area (Å²) in [4.78, 5) is 14.4. The van der Waals surface area contributed by atoms with E-state index in [0.29, 0.717) is 50.8 Å². The Kier molecular flexibility index (Phi) is 12.5. The quantitative estimate of drug-likeness (QED) is 0.177. The van der Waals surface area contributed by atoms with Crippen LogP contribution in [0.4, 0.5) is 0 Å². The lowest BCUT2D eigenvalue weighted by atomic mass is 9.89. The third kappa shape index (κ3) is 8.45. The van der Waals surface area contributed by atoms with Gasteiger partial charge in [-0.2, -0.15) is 0 Å². The molecule has 4 atom stereocenters. The van der Waals surface area contributed by atoms with Gasteiger partial charge in [0.15, 0.2) is 30.9 Å². The van der Waals surface area contributed by atoms with Gasteiger partial charge in [-0.15, -0.1) is 0 Å². The van der Waals surface area contributed by atoms with Crippen molar-refractivity contribution in [3.8, 4) is 0 Å². The molecule has 0 aliphatic carbocycles. The van der Waals surface area contributed by atoms with Gasteiger partial charge < -0.3 is 37.9 Å². The molecule has 2 heterocycles. The average molecular weight is 587 g/mol. The molecule has 9 nitrogen and oxygen atoms in total. The molecule has 232 valence electrons. The molecule has 2 aromatic carbocycles. The van der Waals surface area contributed by atoms with Crippen LogP contribution in [0.25, 0.3) is 0 Å². The maximum absolute atomic E-state index is 14.4. The van der Waals surface area contributed by atoms with Gasteiger partial charge in [-0.05, 0) is 77.6 Å². The van der Waals surface area contributed by atoms with Crippen molar-refractivity contribution < 1.29 is 42.7 Å². The first-order valence-corrected chi connectivity index (χ1v) is 15.1. The number of hydrogen-bond donors (Lipinski definition) is 0. The van der Waals surface area contributed by atoms with Gasteiger partial charge in [0.05, 0.1) is 38.6 Å². The highest BCUT2D eigenvalue weighted by atomic mass is 16.7. The summed E-state index contributed by atoms with van der Waals surface area (Å²) in [5, 5.41) is 0. The third-order valence-corrected chi connectivity index (χ3v) is 7.31. The van der Waals surface area contributed by atoms with Gasteiger partial charge in [-0.1, -0.05) is 24.3 Å². The number of carbonyl (C=O) groups excluding carboxylic acids is 1. The number of hydrogen-bond acceptors (Lipinski definition) is 9. The summed E-state index contributed by atoms with van der Waals surface area (Å²) in [6.07, 6.45) is -1.05. The molecular weight excluding hydrogens is 540 g/mol. The molecule has 9 heteroatoms. The van der Waals surface area contributed by atoms with Crippen LogP contribution in [0.5, 0.6) is 0 Å². The van der Waals surface area contributed by atoms with E-state index in [4.69, 9.17) is 37.9 Å². The van der Waals surface area contributed by atoms with Gasteiger partial charge in [0, 0.05) is 35.5 Å². The van der Waals surface area contributed by atoms with Crippen molar-refractivity contribution in [2.75, 3.05) is 39.6 Å². The SMILES string of the molecule is CCOC(C)O[C@@H](C)c1cc(C2OCCCO2)ccc1C(=O)c1ccc(C2OCCCO2)cc1[C@H](C)OC(C)OCC. The van der Waals surface area contributed by atoms with Crippen LogP contribution in [0, 0.1) is 0 Å². The normalized spacial score (nSPS) is 19.8. The van der Waals surface area contributed by atoms with E-state index >= 15 is 0 Å². The van der Waals surface area contributed by atoms with Gasteiger partial charge in [-0.3, -0.25) is 4.79 Å². The zero-order chi connectivity index (χ0) is 30.1. The molecule has 0 spiro atoms. The molecular formula is C33H46O9. The third-order valence-electron chi connectivity index (χ3n) is 7.31. The molecule has 0 bridgehead atoms. The Labute approximate surface area is 249 Å². The zero-order valence-corrected chi connectivity index (χ0v) is 25.8. The van der Waals surface area contributed by atoms with Crippen molar-refractivity contribution in [1.82, 2.24) is 0 Å². The lowest BCUT2D eigenvalue weighted by Gasteiger charge is -2.27. The van der Waals surface area contributed by atoms with Crippen LogP contribution >= 0.6 is 0 Å². The number of rotatable bonds is 14. The Balaban J connectivity index is 1.73. The summed E-state index contributed by atoms with van der Waals surface area (Å²) in [6.45, 7) is 14.9. The van der Waals surface area contributed by atoms with E-state index in [1.807, 2.05) is 77.9 Å². The van der Waals surface area contributed by atoms with Crippen LogP contribution in [-0.4, -0.2) is 58.0 Å². The molecule has 42 heavy (non-hydrogen) atoms. The summed E-state index contributed by atoms with van der Waals surface area (Å²) >= 11 is 0. The topological polar surface area (TPSA) is 90.9 Å². The van der Waals surface area contributed by atoms with E-state index in [1.165, 1.54) is 0 Å². The minimum atomic E-state index is -0.489. The van der Waals surface area contributed by atoms with Crippen LogP contribution in [-0.2, 0) is 37.9 Å². The second-order valence-electron chi connectivity index (χ2n) is 10.5. The monoisotopic (exact) mass is 586 g/mol. The molecule has 2 aromatic rings. The molecule has 0 amide bonds. The van der Waals surface area contributed by atoms with Crippen LogP contribution in [0.3, 0.4) is 0 Å². The van der Waals surface area contributed by atoms with Crippen molar-refractivity contribution in [2.45, 2.75) is 91.8 Å². The summed E-state index contributed by atoms with van der Waals surface area (Å²) in [7, 11) is 0. The molecule has 2 aliphatic heterocycles. The van der Waals surface area contributed by atoms with Crippen molar-refractivity contribution in [2.24, 2.45) is 0 Å². The van der Waals surface area contributed by atoms with Crippen LogP contribution in [0.2, 0.25) is 0 Å². The van der Waals surface area contributed by atoms with Gasteiger partial charge in [0.25, 0.3) is 0 Å². The van der Waals surface area contributed by atoms with Gasteiger partial charge in [-0.25, -0.2) is 0 Å². The largest absolute Gasteiger partial charge is 0.353 e. The molecule has 2 aliphatic rings. The van der Waals surface area contributed by atoms with Crippen LogP contribution in [0.15, 0.2) is 36.4 Å². The average Bonchev–Trinajstić information content (AvgIpc) is 3.01. The minimum absolute atomic E-state index is 0.145. The molecule has 0 N–H and O–H groups in total. The van der Waals surface area contributed by atoms with Gasteiger partial charge in [0.2, 0.25) is 0 Å². The van der Waals surface area contributed by atoms with Gasteiger partial charge >= 0.3 is 0 Å². The Morgan fingerprint density at radius 1 is 0.690 bits per heavy atom. The predicted octanol–water partition coefficient (Wildman–Crippen LogP) is 6.71. The Bertz CT molecular complexity index is 1050. The fourth-order valence-corrected chi connectivity index (χ4v) is 5.32. The highest BCUT2D eigenvalue weighted by Gasteiger charge is 2.28. The highest BCUT2D eigenvalue weighted by Crippen LogP contribution is 2.34. The lowest BCUT2D eigenvalue weighted by molar-refractivity contribution is -0.183. The first-order valence-electron chi connectivity index (χ1n) is 15.1. The molecule has 0 radical (unpaired) electrons. The smallest absolute Gasteiger partial charge is 0.193 e. The van der Waals surface area contributed by atoms with Gasteiger partial charge in [0.1, 0.15) is 0 Å². The lowest BCUT2D eigenvalue weighted by Crippen LogP contribution is -2.22. The molecule has 0 aromatic heterocycles. The second-order valence-corrected chi connectivity index (χ2v) is 10.5. The first kappa shape index (κ1) is 32.7. The summed E-state index contributed by atoms with van der Waals surface area (Å²) in [5.41, 5.74) is 4.18. The molecule has 2 unspecified atom stereocenters. The van der Waals surface area contributed by atoms with Crippen LogP contribution in [0.1, 0.15) is 117 Å². The number of ether oxygens (including phenoxy) is 8. The number of ketones is 1. The molecule has 2 saturated heterocycles. The van der Waals surface area contributed by atoms with Crippen molar-refractivity contribution in [3.05, 3.63) is 69.8 Å². The Morgan fingerprint density at radius 3 is 1.43 bits per heavy atom. The predicted molar refractivity (Wildman–Crippen MR) is 156 cm³/mol. The fourth-order valence-electron chi connectivity index (χ4n) is 5.32. The second kappa shape index (κ2) is 16.0. The minimum Gasteiger partial charge on any atom is -0.353 e. The molecule has 2 fully saturated rings. The van der Waals surface area contributed by atoms with E-state index in [9.17, 15) is 4.79 Å². The van der Waals surface area contributed by atoms with E-state index in [2.05, 4.69) is 0 Å². The number of benzene rings is 2. The molecule has 4 rings (SSSR count). The molecule has 0 saturated carbocycles. The van der Waals surface area contributed by atoms with E-state index in [0.717, 1.165) is 35.1 Å². The Morgan fingerprint density at radius 2 is 1.07 bits per heavy atom. The van der Waals surface area contributed by atoms with Crippen molar-refractivity contribution in [1.29, 1.82) is 0 Å². The maximum atomic E-state index is 14.4. The number of carbonyl (C=O) groups is 1. The van der Waals surface area contributed by atoms with E-state index in [1.54, 1.807) is 0 Å². The van der Waals surface area contributed by atoms with Crippen LogP contribution < -0.4 is 0 Å². The fraction of sp³-hybridized carbons (Fsp3) is 0.606. The summed E-state index contributed by atoms with van der Waals surface area (Å²) < 4.78 is 47.0.